The van der Waals surface area contributed by atoms with Crippen molar-refractivity contribution < 1.29 is 37.4 Å². The normalized spacial score (nSPS) is 11.2. The molecule has 0 bridgehead atoms. The topological polar surface area (TPSA) is 124 Å². The van der Waals surface area contributed by atoms with Gasteiger partial charge >= 0.3 is 18.1 Å². The van der Waals surface area contributed by atoms with E-state index < -0.39 is 23.7 Å². The minimum Gasteiger partial charge on any atom is -0.478 e. The molecule has 0 aliphatic carbocycles. The molecule has 5 N–H and O–H groups in total. The second-order valence-electron chi connectivity index (χ2n) is 8.28. The van der Waals surface area contributed by atoms with E-state index in [1.54, 1.807) is 24.5 Å². The number of carboxylic acids is 2. The third-order valence-corrected chi connectivity index (χ3v) is 5.60. The van der Waals surface area contributed by atoms with Gasteiger partial charge in [-0.3, -0.25) is 0 Å². The van der Waals surface area contributed by atoms with Gasteiger partial charge in [-0.2, -0.15) is 13.2 Å². The summed E-state index contributed by atoms with van der Waals surface area (Å²) in [5.41, 5.74) is 0.602. The largest absolute Gasteiger partial charge is 0.478 e. The van der Waals surface area contributed by atoms with Gasteiger partial charge in [0, 0.05) is 18.7 Å². The van der Waals surface area contributed by atoms with Crippen LogP contribution in [0.15, 0.2) is 83.7 Å². The second-order valence-corrected chi connectivity index (χ2v) is 8.28. The highest BCUT2D eigenvalue weighted by atomic mass is 19.4. The molecule has 8 nitrogen and oxygen atoms in total. The number of benzene rings is 3. The third-order valence-electron chi connectivity index (χ3n) is 5.60. The Morgan fingerprint density at radius 3 is 2.08 bits per heavy atom. The van der Waals surface area contributed by atoms with Gasteiger partial charge in [0.05, 0.1) is 52.0 Å². The number of aromatic carboxylic acids is 2. The van der Waals surface area contributed by atoms with Gasteiger partial charge in [0.2, 0.25) is 0 Å². The zero-order valence-electron chi connectivity index (χ0n) is 19.7. The highest BCUT2D eigenvalue weighted by Crippen LogP contribution is 2.37. The monoisotopic (exact) mass is 525 g/mol. The zero-order valence-corrected chi connectivity index (χ0v) is 19.7. The van der Waals surface area contributed by atoms with E-state index >= 15 is 0 Å². The maximum atomic E-state index is 13.5. The van der Waals surface area contributed by atoms with Gasteiger partial charge in [-0.1, -0.05) is 18.2 Å². The van der Waals surface area contributed by atoms with Crippen LogP contribution < -0.4 is 16.0 Å². The fraction of sp³-hybridized carbons (Fsp3) is 0.111. The highest BCUT2D eigenvalue weighted by Gasteiger charge is 2.31. The van der Waals surface area contributed by atoms with Crippen molar-refractivity contribution in [2.75, 3.05) is 10.6 Å². The van der Waals surface area contributed by atoms with Crippen molar-refractivity contribution in [2.24, 2.45) is 0 Å². The van der Waals surface area contributed by atoms with Crippen molar-refractivity contribution in [1.29, 1.82) is 0 Å². The summed E-state index contributed by atoms with van der Waals surface area (Å²) in [6.07, 6.45) is -1.54. The first-order valence-electron chi connectivity index (χ1n) is 11.3. The molecule has 0 atom stereocenters. The molecule has 0 fully saturated rings. The molecular formula is C27H22F3N3O5. The van der Waals surface area contributed by atoms with Gasteiger partial charge in [0.15, 0.2) is 0 Å². The minimum absolute atomic E-state index is 0.0602. The molecular weight excluding hydrogens is 503 g/mol. The molecule has 0 unspecified atom stereocenters. The van der Waals surface area contributed by atoms with Crippen molar-refractivity contribution >= 4 is 34.7 Å². The number of carboxylic acid groups (broad SMARTS) is 2. The van der Waals surface area contributed by atoms with Crippen LogP contribution in [-0.2, 0) is 19.3 Å². The number of para-hydroxylation sites is 1. The molecule has 1 aromatic heterocycles. The molecule has 0 saturated heterocycles. The molecule has 0 aliphatic heterocycles. The predicted molar refractivity (Wildman–Crippen MR) is 134 cm³/mol. The van der Waals surface area contributed by atoms with Gasteiger partial charge in [-0.05, 0) is 54.1 Å². The summed E-state index contributed by atoms with van der Waals surface area (Å²) in [6, 6.07) is 15.1. The van der Waals surface area contributed by atoms with Crippen LogP contribution in [0, 0.1) is 0 Å². The Morgan fingerprint density at radius 2 is 1.39 bits per heavy atom. The predicted octanol–water partition coefficient (Wildman–Crippen LogP) is 6.47. The Morgan fingerprint density at radius 1 is 0.737 bits per heavy atom. The molecule has 0 saturated carbocycles. The van der Waals surface area contributed by atoms with Crippen LogP contribution in [0.25, 0.3) is 0 Å². The number of halogens is 3. The van der Waals surface area contributed by atoms with Gasteiger partial charge in [-0.25, -0.2) is 9.59 Å². The Kier molecular flexibility index (Phi) is 7.68. The van der Waals surface area contributed by atoms with Crippen LogP contribution in [0.1, 0.15) is 37.4 Å². The number of anilines is 4. The Labute approximate surface area is 214 Å². The SMILES string of the molecule is O=C(O)c1ccccc1Nc1ccc(C(F)(F)F)cc1Nc1ccc(CNCc2ccoc2)cc1C(=O)O. The molecule has 0 amide bonds. The Balaban J connectivity index is 1.65. The maximum absolute atomic E-state index is 13.5. The number of alkyl halides is 3. The first kappa shape index (κ1) is 26.3. The van der Waals surface area contributed by atoms with Crippen molar-refractivity contribution in [2.45, 2.75) is 19.3 Å². The summed E-state index contributed by atoms with van der Waals surface area (Å²) >= 11 is 0. The van der Waals surface area contributed by atoms with Crippen molar-refractivity contribution in [3.8, 4) is 0 Å². The fourth-order valence-corrected chi connectivity index (χ4v) is 3.73. The molecule has 196 valence electrons. The fourth-order valence-electron chi connectivity index (χ4n) is 3.73. The molecule has 11 heteroatoms. The number of nitrogens with one attached hydrogen (secondary N) is 3. The van der Waals surface area contributed by atoms with Crippen molar-refractivity contribution in [3.63, 3.8) is 0 Å². The molecule has 38 heavy (non-hydrogen) atoms. The first-order valence-corrected chi connectivity index (χ1v) is 11.3. The van der Waals surface area contributed by atoms with Crippen LogP contribution in [-0.4, -0.2) is 22.2 Å². The number of carbonyl (C=O) groups is 2. The van der Waals surface area contributed by atoms with E-state index in [0.29, 0.717) is 18.7 Å². The van der Waals surface area contributed by atoms with Crippen LogP contribution >= 0.6 is 0 Å². The number of rotatable bonds is 10. The number of furan rings is 1. The van der Waals surface area contributed by atoms with E-state index in [4.69, 9.17) is 4.42 Å². The lowest BCUT2D eigenvalue weighted by molar-refractivity contribution is -0.137. The highest BCUT2D eigenvalue weighted by molar-refractivity contribution is 5.98. The lowest BCUT2D eigenvalue weighted by Gasteiger charge is -2.19. The minimum atomic E-state index is -4.66. The molecule has 0 radical (unpaired) electrons. The van der Waals surface area contributed by atoms with E-state index in [2.05, 4.69) is 16.0 Å². The standard InChI is InChI=1S/C27H22F3N3O5/c28-27(29,30)18-6-8-23(32-21-4-2-1-3-19(21)25(34)35)24(12-18)33-22-7-5-16(11-20(22)26(36)37)13-31-14-17-9-10-38-15-17/h1-12,15,31-33H,13-14H2,(H,34,35)(H,36,37). The number of hydrogen-bond donors (Lipinski definition) is 5. The Hall–Kier alpha value is -4.77. The van der Waals surface area contributed by atoms with Crippen LogP contribution in [0.5, 0.6) is 0 Å². The van der Waals surface area contributed by atoms with Gasteiger partial charge < -0.3 is 30.6 Å². The van der Waals surface area contributed by atoms with Crippen molar-refractivity contribution in [1.82, 2.24) is 5.32 Å². The average molecular weight is 525 g/mol. The lowest BCUT2D eigenvalue weighted by atomic mass is 10.1. The molecule has 4 rings (SSSR count). The summed E-state index contributed by atoms with van der Waals surface area (Å²) < 4.78 is 45.5. The summed E-state index contributed by atoms with van der Waals surface area (Å²) in [5.74, 6) is -2.50. The molecule has 0 aliphatic rings. The maximum Gasteiger partial charge on any atom is 0.416 e. The molecule has 0 spiro atoms. The van der Waals surface area contributed by atoms with E-state index in [-0.39, 0.29) is 33.9 Å². The third kappa shape index (κ3) is 6.31. The molecule has 4 aromatic rings. The van der Waals surface area contributed by atoms with Gasteiger partial charge in [0.1, 0.15) is 0 Å². The van der Waals surface area contributed by atoms with E-state index in [1.165, 1.54) is 36.6 Å². The Bertz CT molecular complexity index is 1450. The number of hydrogen-bond acceptors (Lipinski definition) is 6. The quantitative estimate of drug-likeness (QED) is 0.160. The zero-order chi connectivity index (χ0) is 27.3. The van der Waals surface area contributed by atoms with Crippen LogP contribution in [0.3, 0.4) is 0 Å². The van der Waals surface area contributed by atoms with Crippen molar-refractivity contribution in [3.05, 3.63) is 107 Å². The van der Waals surface area contributed by atoms with E-state index in [9.17, 15) is 33.0 Å². The van der Waals surface area contributed by atoms with Crippen LogP contribution in [0.4, 0.5) is 35.9 Å². The average Bonchev–Trinajstić information content (AvgIpc) is 3.39. The smallest absolute Gasteiger partial charge is 0.416 e. The van der Waals surface area contributed by atoms with Gasteiger partial charge in [-0.15, -0.1) is 0 Å². The first-order chi connectivity index (χ1) is 18.1. The summed E-state index contributed by atoms with van der Waals surface area (Å²) in [7, 11) is 0. The van der Waals surface area contributed by atoms with Gasteiger partial charge in [0.25, 0.3) is 0 Å². The van der Waals surface area contributed by atoms with E-state index in [1.807, 2.05) is 0 Å². The molecule has 1 heterocycles. The summed E-state index contributed by atoms with van der Waals surface area (Å²) in [4.78, 5) is 23.6. The van der Waals surface area contributed by atoms with Crippen LogP contribution in [0.2, 0.25) is 0 Å². The van der Waals surface area contributed by atoms with E-state index in [0.717, 1.165) is 23.8 Å². The summed E-state index contributed by atoms with van der Waals surface area (Å²) in [5, 5.41) is 28.0. The lowest BCUT2D eigenvalue weighted by Crippen LogP contribution is -2.13. The summed E-state index contributed by atoms with van der Waals surface area (Å²) in [6.45, 7) is 0.837. The molecule has 3 aromatic carbocycles. The second kappa shape index (κ2) is 11.1.